The van der Waals surface area contributed by atoms with Crippen molar-refractivity contribution in [3.63, 3.8) is 0 Å². The second-order valence-corrected chi connectivity index (χ2v) is 3.93. The van der Waals surface area contributed by atoms with Gasteiger partial charge in [0.15, 0.2) is 0 Å². The zero-order valence-electron chi connectivity index (χ0n) is 7.25. The molecule has 72 valence electrons. The molecular formula is C10H8BrNO2. The average Bonchev–Trinajstić information content (AvgIpc) is 2.16. The van der Waals surface area contributed by atoms with Crippen LogP contribution in [0.2, 0.25) is 0 Å². The molecule has 1 aromatic carbocycles. The molecule has 0 spiro atoms. The van der Waals surface area contributed by atoms with Gasteiger partial charge < -0.3 is 10.1 Å². The zero-order chi connectivity index (χ0) is 10.1. The van der Waals surface area contributed by atoms with E-state index in [1.807, 2.05) is 18.2 Å². The minimum Gasteiger partial charge on any atom is -0.391 e. The predicted molar refractivity (Wildman–Crippen MR) is 58.2 cm³/mol. The van der Waals surface area contributed by atoms with Crippen molar-refractivity contribution in [3.05, 3.63) is 44.7 Å². The number of aromatic nitrogens is 1. The minimum atomic E-state index is -0.238. The molecule has 0 saturated heterocycles. The number of halogens is 1. The summed E-state index contributed by atoms with van der Waals surface area (Å²) in [5.74, 6) is 0. The minimum absolute atomic E-state index is 0.235. The van der Waals surface area contributed by atoms with E-state index >= 15 is 0 Å². The molecule has 14 heavy (non-hydrogen) atoms. The van der Waals surface area contributed by atoms with E-state index < -0.39 is 0 Å². The number of fused-ring (bicyclic) bond motifs is 1. The summed E-state index contributed by atoms with van der Waals surface area (Å²) < 4.78 is 0.914. The van der Waals surface area contributed by atoms with E-state index in [1.54, 1.807) is 6.07 Å². The Kier molecular flexibility index (Phi) is 2.39. The van der Waals surface area contributed by atoms with Crippen LogP contribution in [0.15, 0.2) is 33.5 Å². The van der Waals surface area contributed by atoms with Crippen LogP contribution in [0.25, 0.3) is 10.9 Å². The Hall–Kier alpha value is -1.13. The normalized spacial score (nSPS) is 10.7. The van der Waals surface area contributed by atoms with Crippen LogP contribution in [-0.2, 0) is 6.61 Å². The van der Waals surface area contributed by atoms with Gasteiger partial charge in [0.1, 0.15) is 0 Å². The molecule has 0 aliphatic heterocycles. The maximum Gasteiger partial charge on any atom is 0.253 e. The van der Waals surface area contributed by atoms with Gasteiger partial charge in [0.2, 0.25) is 0 Å². The predicted octanol–water partition coefficient (Wildman–Crippen LogP) is 1.78. The molecule has 2 aromatic rings. The Morgan fingerprint density at radius 2 is 2.14 bits per heavy atom. The standard InChI is InChI=1S/C10H8BrNO2/c11-8-2-1-6-3-7(5-13)10(14)12-9(6)4-8/h1-4,13H,5H2,(H,12,14). The lowest BCUT2D eigenvalue weighted by molar-refractivity contribution is 0.280. The Morgan fingerprint density at radius 3 is 2.86 bits per heavy atom. The molecule has 2 N–H and O–H groups in total. The molecule has 0 unspecified atom stereocenters. The fraction of sp³-hybridized carbons (Fsp3) is 0.100. The van der Waals surface area contributed by atoms with Crippen LogP contribution >= 0.6 is 15.9 Å². The van der Waals surface area contributed by atoms with Crippen molar-refractivity contribution in [3.8, 4) is 0 Å². The van der Waals surface area contributed by atoms with E-state index in [-0.39, 0.29) is 12.2 Å². The highest BCUT2D eigenvalue weighted by Gasteiger charge is 2.01. The molecule has 1 heterocycles. The quantitative estimate of drug-likeness (QED) is 0.815. The summed E-state index contributed by atoms with van der Waals surface area (Å²) in [6, 6.07) is 7.30. The molecule has 0 aliphatic carbocycles. The lowest BCUT2D eigenvalue weighted by atomic mass is 10.2. The smallest absolute Gasteiger partial charge is 0.253 e. The number of aliphatic hydroxyl groups is 1. The first kappa shape index (κ1) is 9.43. The van der Waals surface area contributed by atoms with Crippen LogP contribution in [0.3, 0.4) is 0 Å². The largest absolute Gasteiger partial charge is 0.391 e. The molecule has 0 radical (unpaired) electrons. The van der Waals surface area contributed by atoms with Crippen molar-refractivity contribution >= 4 is 26.8 Å². The van der Waals surface area contributed by atoms with Crippen LogP contribution in [0, 0.1) is 0 Å². The van der Waals surface area contributed by atoms with E-state index in [0.29, 0.717) is 5.56 Å². The van der Waals surface area contributed by atoms with Crippen molar-refractivity contribution in [2.24, 2.45) is 0 Å². The highest BCUT2D eigenvalue weighted by atomic mass is 79.9. The first-order chi connectivity index (χ1) is 6.70. The number of nitrogens with one attached hydrogen (secondary N) is 1. The summed E-state index contributed by atoms with van der Waals surface area (Å²) in [7, 11) is 0. The van der Waals surface area contributed by atoms with Gasteiger partial charge in [0, 0.05) is 15.6 Å². The van der Waals surface area contributed by atoms with Gasteiger partial charge in [0.05, 0.1) is 6.61 Å². The Labute approximate surface area is 88.5 Å². The van der Waals surface area contributed by atoms with E-state index in [4.69, 9.17) is 5.11 Å². The number of H-pyrrole nitrogens is 1. The Balaban J connectivity index is 2.79. The number of hydrogen-bond donors (Lipinski definition) is 2. The van der Waals surface area contributed by atoms with Gasteiger partial charge in [-0.15, -0.1) is 0 Å². The van der Waals surface area contributed by atoms with Crippen LogP contribution in [0.1, 0.15) is 5.56 Å². The van der Waals surface area contributed by atoms with E-state index in [1.165, 1.54) is 0 Å². The van der Waals surface area contributed by atoms with Gasteiger partial charge >= 0.3 is 0 Å². The fourth-order valence-electron chi connectivity index (χ4n) is 1.34. The summed E-state index contributed by atoms with van der Waals surface area (Å²) in [5.41, 5.74) is 0.916. The van der Waals surface area contributed by atoms with E-state index in [0.717, 1.165) is 15.4 Å². The van der Waals surface area contributed by atoms with Crippen molar-refractivity contribution < 1.29 is 5.11 Å². The summed E-state index contributed by atoms with van der Waals surface area (Å²) in [5, 5.41) is 9.82. The van der Waals surface area contributed by atoms with Crippen LogP contribution in [-0.4, -0.2) is 10.1 Å². The molecule has 0 fully saturated rings. The average molecular weight is 254 g/mol. The molecule has 0 atom stereocenters. The first-order valence-electron chi connectivity index (χ1n) is 4.13. The Bertz CT molecular complexity index is 533. The summed E-state index contributed by atoms with van der Waals surface area (Å²) in [6.07, 6.45) is 0. The maximum atomic E-state index is 11.3. The molecule has 0 saturated carbocycles. The topological polar surface area (TPSA) is 53.1 Å². The number of pyridine rings is 1. The van der Waals surface area contributed by atoms with Gasteiger partial charge in [-0.3, -0.25) is 4.79 Å². The molecule has 4 heteroatoms. The molecule has 2 rings (SSSR count). The van der Waals surface area contributed by atoms with Crippen molar-refractivity contribution in [2.75, 3.05) is 0 Å². The molecule has 0 aliphatic rings. The van der Waals surface area contributed by atoms with Crippen LogP contribution < -0.4 is 5.56 Å². The third-order valence-electron chi connectivity index (χ3n) is 2.06. The molecule has 1 aromatic heterocycles. The van der Waals surface area contributed by atoms with Crippen LogP contribution in [0.5, 0.6) is 0 Å². The SMILES string of the molecule is O=c1[nH]c2cc(Br)ccc2cc1CO. The second-order valence-electron chi connectivity index (χ2n) is 3.01. The van der Waals surface area contributed by atoms with Crippen molar-refractivity contribution in [1.29, 1.82) is 0 Å². The second kappa shape index (κ2) is 3.55. The summed E-state index contributed by atoms with van der Waals surface area (Å²) in [6.45, 7) is -0.235. The maximum absolute atomic E-state index is 11.3. The molecular weight excluding hydrogens is 246 g/mol. The van der Waals surface area contributed by atoms with Gasteiger partial charge in [0.25, 0.3) is 5.56 Å². The number of rotatable bonds is 1. The number of hydrogen-bond acceptors (Lipinski definition) is 2. The van der Waals surface area contributed by atoms with Crippen molar-refractivity contribution in [2.45, 2.75) is 6.61 Å². The van der Waals surface area contributed by atoms with Gasteiger partial charge in [-0.05, 0) is 23.6 Å². The fourth-order valence-corrected chi connectivity index (χ4v) is 1.70. The number of aliphatic hydroxyl groups excluding tert-OH is 1. The first-order valence-corrected chi connectivity index (χ1v) is 4.92. The van der Waals surface area contributed by atoms with Crippen LogP contribution in [0.4, 0.5) is 0 Å². The van der Waals surface area contributed by atoms with Gasteiger partial charge in [-0.2, -0.15) is 0 Å². The highest BCUT2D eigenvalue weighted by Crippen LogP contribution is 2.17. The van der Waals surface area contributed by atoms with Gasteiger partial charge in [-0.1, -0.05) is 22.0 Å². The molecule has 0 bridgehead atoms. The van der Waals surface area contributed by atoms with E-state index in [9.17, 15) is 4.79 Å². The number of aromatic amines is 1. The lowest BCUT2D eigenvalue weighted by Crippen LogP contribution is -2.11. The Morgan fingerprint density at radius 1 is 1.36 bits per heavy atom. The molecule has 3 nitrogen and oxygen atoms in total. The monoisotopic (exact) mass is 253 g/mol. The highest BCUT2D eigenvalue weighted by molar-refractivity contribution is 9.10. The molecule has 0 amide bonds. The third-order valence-corrected chi connectivity index (χ3v) is 2.55. The summed E-state index contributed by atoms with van der Waals surface area (Å²) in [4.78, 5) is 14.0. The number of benzene rings is 1. The van der Waals surface area contributed by atoms with Crippen molar-refractivity contribution in [1.82, 2.24) is 4.98 Å². The zero-order valence-corrected chi connectivity index (χ0v) is 8.84. The van der Waals surface area contributed by atoms with E-state index in [2.05, 4.69) is 20.9 Å². The summed E-state index contributed by atoms with van der Waals surface area (Å²) >= 11 is 3.32. The third kappa shape index (κ3) is 1.58. The lowest BCUT2D eigenvalue weighted by Gasteiger charge is -2.00. The van der Waals surface area contributed by atoms with Gasteiger partial charge in [-0.25, -0.2) is 0 Å².